The Hall–Kier alpha value is -3.68. The molecule has 0 radical (unpaired) electrons. The number of halogens is 3. The maximum Gasteiger partial charge on any atom is 0.508 e. The quantitative estimate of drug-likeness (QED) is 0.227. The Morgan fingerprint density at radius 3 is 2.62 bits per heavy atom. The lowest BCUT2D eigenvalue weighted by Crippen LogP contribution is -2.33. The molecule has 228 valence electrons. The minimum absolute atomic E-state index is 0.0262. The number of alkyl halides is 3. The third-order valence-electron chi connectivity index (χ3n) is 6.92. The zero-order valence-corrected chi connectivity index (χ0v) is 24.2. The highest BCUT2D eigenvalue weighted by molar-refractivity contribution is 7.84. The van der Waals surface area contributed by atoms with Crippen LogP contribution in [0.15, 0.2) is 35.6 Å². The summed E-state index contributed by atoms with van der Waals surface area (Å²) < 4.78 is 67.7. The summed E-state index contributed by atoms with van der Waals surface area (Å²) in [4.78, 5) is 33.8. The topological polar surface area (TPSA) is 122 Å². The minimum atomic E-state index is -4.52. The van der Waals surface area contributed by atoms with Crippen LogP contribution in [0.5, 0.6) is 5.75 Å². The molecule has 0 aliphatic heterocycles. The van der Waals surface area contributed by atoms with Crippen molar-refractivity contribution in [3.05, 3.63) is 47.3 Å². The number of imidazole rings is 1. The lowest BCUT2D eigenvalue weighted by Gasteiger charge is -2.22. The van der Waals surface area contributed by atoms with Crippen LogP contribution >= 0.6 is 0 Å². The van der Waals surface area contributed by atoms with Crippen molar-refractivity contribution in [1.82, 2.24) is 19.9 Å². The van der Waals surface area contributed by atoms with Crippen molar-refractivity contribution in [3.63, 3.8) is 0 Å². The molecule has 1 fully saturated rings. The van der Waals surface area contributed by atoms with Gasteiger partial charge in [-0.05, 0) is 50.3 Å². The summed E-state index contributed by atoms with van der Waals surface area (Å²) in [7, 11) is -1.92. The van der Waals surface area contributed by atoms with Gasteiger partial charge in [-0.2, -0.15) is 13.2 Å². The smallest absolute Gasteiger partial charge is 0.484 e. The molecule has 14 heteroatoms. The molecule has 0 spiro atoms. The van der Waals surface area contributed by atoms with E-state index in [1.165, 1.54) is 23.8 Å². The molecule has 2 aromatic heterocycles. The van der Waals surface area contributed by atoms with E-state index in [1.807, 2.05) is 12.1 Å². The SMILES string of the molecule is CCOC(=O)OCCNC(=O)n1c(S(=O)Cc2nccc(OCC(F)(F)F)c2C)nc2c(C3CCCCC3)cccc21. The van der Waals surface area contributed by atoms with Crippen molar-refractivity contribution in [2.75, 3.05) is 26.4 Å². The second kappa shape index (κ2) is 14.0. The maximum absolute atomic E-state index is 13.8. The highest BCUT2D eigenvalue weighted by Crippen LogP contribution is 2.37. The van der Waals surface area contributed by atoms with Crippen molar-refractivity contribution in [2.45, 2.75) is 69.0 Å². The number of amides is 1. The predicted molar refractivity (Wildman–Crippen MR) is 148 cm³/mol. The third kappa shape index (κ3) is 7.78. The molecule has 10 nitrogen and oxygen atoms in total. The molecular weight excluding hydrogens is 577 g/mol. The third-order valence-corrected chi connectivity index (χ3v) is 8.13. The number of nitrogens with one attached hydrogen (secondary N) is 1. The highest BCUT2D eigenvalue weighted by atomic mass is 32.2. The van der Waals surface area contributed by atoms with Gasteiger partial charge in [0.05, 0.1) is 46.4 Å². The Kier molecular flexibility index (Phi) is 10.4. The maximum atomic E-state index is 13.8. The number of benzene rings is 1. The Bertz CT molecular complexity index is 1440. The van der Waals surface area contributed by atoms with Crippen molar-refractivity contribution in [1.29, 1.82) is 0 Å². The molecule has 1 amide bonds. The van der Waals surface area contributed by atoms with Crippen molar-refractivity contribution >= 4 is 34.0 Å². The van der Waals surface area contributed by atoms with E-state index in [9.17, 15) is 27.0 Å². The molecule has 1 saturated carbocycles. The van der Waals surface area contributed by atoms with Crippen LogP contribution in [0.25, 0.3) is 11.0 Å². The number of ether oxygens (including phenoxy) is 3. The number of carbonyl (C=O) groups is 2. The molecule has 0 bridgehead atoms. The van der Waals surface area contributed by atoms with Crippen LogP contribution in [0.2, 0.25) is 0 Å². The molecule has 1 atom stereocenters. The summed E-state index contributed by atoms with van der Waals surface area (Å²) in [5.74, 6) is 0.0115. The second-order valence-corrected chi connectivity index (χ2v) is 11.2. The summed E-state index contributed by atoms with van der Waals surface area (Å²) in [6.07, 6.45) is 1.19. The summed E-state index contributed by atoms with van der Waals surface area (Å²) >= 11 is 0. The molecule has 0 saturated heterocycles. The van der Waals surface area contributed by atoms with Crippen molar-refractivity contribution in [2.24, 2.45) is 0 Å². The Morgan fingerprint density at radius 2 is 1.90 bits per heavy atom. The van der Waals surface area contributed by atoms with Crippen molar-refractivity contribution < 1.29 is 41.2 Å². The van der Waals surface area contributed by atoms with Crippen LogP contribution in [-0.4, -0.2) is 63.5 Å². The normalized spacial score (nSPS) is 14.9. The zero-order chi connectivity index (χ0) is 30.3. The number of carbonyl (C=O) groups excluding carboxylic acids is 2. The van der Waals surface area contributed by atoms with Gasteiger partial charge in [-0.15, -0.1) is 0 Å². The van der Waals surface area contributed by atoms with Gasteiger partial charge in [0.15, 0.2) is 6.61 Å². The van der Waals surface area contributed by atoms with E-state index in [4.69, 9.17) is 19.2 Å². The highest BCUT2D eigenvalue weighted by Gasteiger charge is 2.30. The number of fused-ring (bicyclic) bond motifs is 1. The lowest BCUT2D eigenvalue weighted by atomic mass is 9.83. The number of para-hydroxylation sites is 1. The van der Waals surface area contributed by atoms with E-state index >= 15 is 0 Å². The van der Waals surface area contributed by atoms with Gasteiger partial charge < -0.3 is 19.5 Å². The fourth-order valence-corrected chi connectivity index (χ4v) is 6.18. The van der Waals surface area contributed by atoms with E-state index in [-0.39, 0.29) is 48.0 Å². The first-order chi connectivity index (χ1) is 20.1. The summed E-state index contributed by atoms with van der Waals surface area (Å²) in [5.41, 5.74) is 2.57. The van der Waals surface area contributed by atoms with E-state index < -0.39 is 35.8 Å². The van der Waals surface area contributed by atoms with Gasteiger partial charge in [0.2, 0.25) is 5.16 Å². The molecule has 3 aromatic rings. The van der Waals surface area contributed by atoms with Gasteiger partial charge in [0, 0.05) is 11.8 Å². The molecule has 1 unspecified atom stereocenters. The fourth-order valence-electron chi connectivity index (χ4n) is 4.93. The van der Waals surface area contributed by atoms with Gasteiger partial charge in [0.1, 0.15) is 12.4 Å². The van der Waals surface area contributed by atoms with Crippen molar-refractivity contribution in [3.8, 4) is 5.75 Å². The largest absolute Gasteiger partial charge is 0.508 e. The first kappa shape index (κ1) is 31.3. The first-order valence-corrected chi connectivity index (χ1v) is 15.0. The van der Waals surface area contributed by atoms with Crippen LogP contribution in [-0.2, 0) is 26.0 Å². The number of aromatic nitrogens is 3. The predicted octanol–water partition coefficient (Wildman–Crippen LogP) is 5.77. The monoisotopic (exact) mass is 610 g/mol. The molecule has 1 aromatic carbocycles. The molecule has 4 rings (SSSR count). The molecule has 1 aliphatic rings. The van der Waals surface area contributed by atoms with E-state index in [0.29, 0.717) is 16.6 Å². The van der Waals surface area contributed by atoms with Crippen LogP contribution in [0.4, 0.5) is 22.8 Å². The second-order valence-electron chi connectivity index (χ2n) is 9.82. The van der Waals surface area contributed by atoms with Crippen LogP contribution in [0.3, 0.4) is 0 Å². The zero-order valence-electron chi connectivity index (χ0n) is 23.4. The summed E-state index contributed by atoms with van der Waals surface area (Å²) in [5, 5.41) is 2.63. The fraction of sp³-hybridized carbons (Fsp3) is 0.500. The number of pyridine rings is 1. The Morgan fingerprint density at radius 1 is 1.14 bits per heavy atom. The summed E-state index contributed by atoms with van der Waals surface area (Å²) in [6, 6.07) is 6.22. The number of rotatable bonds is 10. The van der Waals surface area contributed by atoms with Crippen LogP contribution in [0.1, 0.15) is 61.8 Å². The van der Waals surface area contributed by atoms with Crippen LogP contribution in [0, 0.1) is 6.92 Å². The number of hydrogen-bond acceptors (Lipinski definition) is 8. The minimum Gasteiger partial charge on any atom is -0.484 e. The van der Waals surface area contributed by atoms with E-state index in [0.717, 1.165) is 37.7 Å². The molecule has 1 N–H and O–H groups in total. The first-order valence-electron chi connectivity index (χ1n) is 13.7. The summed E-state index contributed by atoms with van der Waals surface area (Å²) in [6.45, 7) is 1.67. The van der Waals surface area contributed by atoms with Gasteiger partial charge >= 0.3 is 18.4 Å². The van der Waals surface area contributed by atoms with Gasteiger partial charge in [0.25, 0.3) is 0 Å². The average molecular weight is 611 g/mol. The molecule has 2 heterocycles. The van der Waals surface area contributed by atoms with E-state index in [2.05, 4.69) is 10.3 Å². The number of hydrogen-bond donors (Lipinski definition) is 1. The standard InChI is InChI=1S/C28H33F3N4O6S/c1-3-39-27(37)40-15-14-33-25(36)35-22-11-7-10-20(19-8-5-4-6-9-19)24(22)34-26(35)42(38)16-21-18(2)23(12-13-32-21)41-17-28(29,30)31/h7,10-13,19H,3-6,8-9,14-17H2,1-2H3,(H,33,36). The molecule has 42 heavy (non-hydrogen) atoms. The van der Waals surface area contributed by atoms with Crippen LogP contribution < -0.4 is 10.1 Å². The molecule has 1 aliphatic carbocycles. The van der Waals surface area contributed by atoms with Gasteiger partial charge in [-0.25, -0.2) is 19.1 Å². The number of nitrogens with zero attached hydrogens (tertiary/aromatic N) is 3. The molecular formula is C28H33F3N4O6S. The Balaban J connectivity index is 1.64. The van der Waals surface area contributed by atoms with Gasteiger partial charge in [-0.3, -0.25) is 9.19 Å². The average Bonchev–Trinajstić information content (AvgIpc) is 3.36. The van der Waals surface area contributed by atoms with Gasteiger partial charge in [-0.1, -0.05) is 31.4 Å². The Labute approximate surface area is 243 Å². The lowest BCUT2D eigenvalue weighted by molar-refractivity contribution is -0.153. The van der Waals surface area contributed by atoms with E-state index in [1.54, 1.807) is 13.0 Å².